The fourth-order valence-corrected chi connectivity index (χ4v) is 1.68. The lowest BCUT2D eigenvalue weighted by Gasteiger charge is -2.12. The zero-order chi connectivity index (χ0) is 14.5. The summed E-state index contributed by atoms with van der Waals surface area (Å²) in [4.78, 5) is 25.1. The highest BCUT2D eigenvalue weighted by Crippen LogP contribution is 2.13. The van der Waals surface area contributed by atoms with E-state index in [1.807, 2.05) is 0 Å². The van der Waals surface area contributed by atoms with E-state index in [1.165, 1.54) is 18.3 Å². The summed E-state index contributed by atoms with van der Waals surface area (Å²) in [5.74, 6) is -0.365. The highest BCUT2D eigenvalue weighted by atomic mass is 16.3. The second kappa shape index (κ2) is 6.03. The molecule has 2 aromatic rings. The predicted octanol–water partition coefficient (Wildman–Crippen LogP) is 0.420. The standard InChI is InChI=1S/C14H15N3O3/c15-11-4-1-9(2-5-11)12(18)8-17-14(20)10-3-6-13(19)16-7-10/h1-7,12,18H,8,15H2,(H,16,19)(H,17,20). The van der Waals surface area contributed by atoms with Crippen LogP contribution >= 0.6 is 0 Å². The summed E-state index contributed by atoms with van der Waals surface area (Å²) < 4.78 is 0. The summed E-state index contributed by atoms with van der Waals surface area (Å²) >= 11 is 0. The number of aliphatic hydroxyl groups is 1. The van der Waals surface area contributed by atoms with E-state index in [2.05, 4.69) is 10.3 Å². The maximum absolute atomic E-state index is 11.8. The fraction of sp³-hybridized carbons (Fsp3) is 0.143. The Balaban J connectivity index is 1.94. The number of carbonyl (C=O) groups excluding carboxylic acids is 1. The van der Waals surface area contributed by atoms with Gasteiger partial charge in [0.15, 0.2) is 0 Å². The minimum Gasteiger partial charge on any atom is -0.399 e. The molecule has 1 atom stereocenters. The number of benzene rings is 1. The highest BCUT2D eigenvalue weighted by Gasteiger charge is 2.10. The molecule has 20 heavy (non-hydrogen) atoms. The van der Waals surface area contributed by atoms with Gasteiger partial charge in [-0.15, -0.1) is 0 Å². The highest BCUT2D eigenvalue weighted by molar-refractivity contribution is 5.93. The van der Waals surface area contributed by atoms with Gasteiger partial charge < -0.3 is 21.1 Å². The molecule has 6 nitrogen and oxygen atoms in total. The molecule has 1 aromatic heterocycles. The van der Waals surface area contributed by atoms with Crippen molar-refractivity contribution in [2.24, 2.45) is 0 Å². The molecule has 0 aliphatic rings. The summed E-state index contributed by atoms with van der Waals surface area (Å²) in [6.45, 7) is 0.0713. The fourth-order valence-electron chi connectivity index (χ4n) is 1.68. The Morgan fingerprint density at radius 3 is 2.55 bits per heavy atom. The van der Waals surface area contributed by atoms with Gasteiger partial charge in [0.05, 0.1) is 11.7 Å². The first-order chi connectivity index (χ1) is 9.56. The van der Waals surface area contributed by atoms with Crippen molar-refractivity contribution in [1.82, 2.24) is 10.3 Å². The zero-order valence-corrected chi connectivity index (χ0v) is 10.7. The summed E-state index contributed by atoms with van der Waals surface area (Å²) in [7, 11) is 0. The Labute approximate surface area is 115 Å². The van der Waals surface area contributed by atoms with Gasteiger partial charge in [0.1, 0.15) is 0 Å². The zero-order valence-electron chi connectivity index (χ0n) is 10.7. The number of nitrogens with two attached hydrogens (primary N) is 1. The lowest BCUT2D eigenvalue weighted by atomic mass is 10.1. The number of aromatic amines is 1. The van der Waals surface area contributed by atoms with Crippen LogP contribution in [-0.4, -0.2) is 22.5 Å². The molecule has 0 bridgehead atoms. The Morgan fingerprint density at radius 2 is 1.95 bits per heavy atom. The van der Waals surface area contributed by atoms with Crippen LogP contribution in [0.25, 0.3) is 0 Å². The minimum absolute atomic E-state index is 0.0713. The molecule has 6 heteroatoms. The molecule has 2 rings (SSSR count). The molecule has 0 aliphatic heterocycles. The molecule has 0 aliphatic carbocycles. The molecule has 104 valence electrons. The SMILES string of the molecule is Nc1ccc(C(O)CNC(=O)c2ccc(=O)[nH]c2)cc1. The first-order valence-electron chi connectivity index (χ1n) is 6.07. The number of anilines is 1. The number of nitrogens with one attached hydrogen (secondary N) is 2. The van der Waals surface area contributed by atoms with Gasteiger partial charge in [0.25, 0.3) is 5.91 Å². The van der Waals surface area contributed by atoms with Gasteiger partial charge in [-0.2, -0.15) is 0 Å². The van der Waals surface area contributed by atoms with Gasteiger partial charge >= 0.3 is 0 Å². The summed E-state index contributed by atoms with van der Waals surface area (Å²) in [5.41, 5.74) is 6.89. The van der Waals surface area contributed by atoms with Crippen LogP contribution in [0.5, 0.6) is 0 Å². The predicted molar refractivity (Wildman–Crippen MR) is 75.2 cm³/mol. The van der Waals surface area contributed by atoms with E-state index < -0.39 is 6.10 Å². The van der Waals surface area contributed by atoms with Gasteiger partial charge in [0, 0.05) is 24.5 Å². The Kier molecular flexibility index (Phi) is 4.17. The van der Waals surface area contributed by atoms with Gasteiger partial charge in [-0.05, 0) is 23.8 Å². The molecular formula is C14H15N3O3. The van der Waals surface area contributed by atoms with Gasteiger partial charge in [0.2, 0.25) is 5.56 Å². The number of rotatable bonds is 4. The smallest absolute Gasteiger partial charge is 0.252 e. The molecular weight excluding hydrogens is 258 g/mol. The van der Waals surface area contributed by atoms with Gasteiger partial charge in [-0.1, -0.05) is 12.1 Å². The number of carbonyl (C=O) groups is 1. The van der Waals surface area contributed by atoms with Crippen molar-refractivity contribution in [2.45, 2.75) is 6.10 Å². The Hall–Kier alpha value is -2.60. The average molecular weight is 273 g/mol. The number of hydrogen-bond donors (Lipinski definition) is 4. The lowest BCUT2D eigenvalue weighted by Crippen LogP contribution is -2.28. The average Bonchev–Trinajstić information content (AvgIpc) is 2.46. The van der Waals surface area contributed by atoms with Crippen molar-refractivity contribution in [3.05, 3.63) is 64.1 Å². The molecule has 1 aromatic carbocycles. The van der Waals surface area contributed by atoms with Crippen LogP contribution in [0.15, 0.2) is 47.4 Å². The van der Waals surface area contributed by atoms with Crippen LogP contribution in [0.1, 0.15) is 22.0 Å². The summed E-state index contributed by atoms with van der Waals surface area (Å²) in [6.07, 6.45) is 0.509. The van der Waals surface area contributed by atoms with Crippen LogP contribution in [0, 0.1) is 0 Å². The van der Waals surface area contributed by atoms with Crippen molar-refractivity contribution in [3.63, 3.8) is 0 Å². The monoisotopic (exact) mass is 273 g/mol. The summed E-state index contributed by atoms with van der Waals surface area (Å²) in [5, 5.41) is 12.5. The molecule has 1 heterocycles. The van der Waals surface area contributed by atoms with E-state index in [0.29, 0.717) is 16.8 Å². The molecule has 0 fully saturated rings. The first kappa shape index (κ1) is 13.8. The molecule has 0 spiro atoms. The van der Waals surface area contributed by atoms with Crippen molar-refractivity contribution in [2.75, 3.05) is 12.3 Å². The van der Waals surface area contributed by atoms with E-state index in [1.54, 1.807) is 24.3 Å². The maximum atomic E-state index is 11.8. The third-order valence-electron chi connectivity index (χ3n) is 2.82. The number of pyridine rings is 1. The van der Waals surface area contributed by atoms with Crippen molar-refractivity contribution in [1.29, 1.82) is 0 Å². The third kappa shape index (κ3) is 3.46. The Bertz CT molecular complexity index is 629. The van der Waals surface area contributed by atoms with E-state index in [-0.39, 0.29) is 18.0 Å². The van der Waals surface area contributed by atoms with Crippen LogP contribution in [0.2, 0.25) is 0 Å². The first-order valence-corrected chi connectivity index (χ1v) is 6.07. The lowest BCUT2D eigenvalue weighted by molar-refractivity contribution is 0.0916. The van der Waals surface area contributed by atoms with Crippen LogP contribution in [0.4, 0.5) is 5.69 Å². The number of H-pyrrole nitrogens is 1. The van der Waals surface area contributed by atoms with Crippen LogP contribution in [0.3, 0.4) is 0 Å². The number of aromatic nitrogens is 1. The third-order valence-corrected chi connectivity index (χ3v) is 2.82. The number of nitrogen functional groups attached to an aromatic ring is 1. The van der Waals surface area contributed by atoms with E-state index in [0.717, 1.165) is 0 Å². The normalized spacial score (nSPS) is 11.8. The molecule has 0 radical (unpaired) electrons. The second-order valence-corrected chi connectivity index (χ2v) is 4.33. The van der Waals surface area contributed by atoms with E-state index in [9.17, 15) is 14.7 Å². The molecule has 0 saturated carbocycles. The molecule has 5 N–H and O–H groups in total. The van der Waals surface area contributed by atoms with Crippen LogP contribution in [-0.2, 0) is 0 Å². The van der Waals surface area contributed by atoms with Crippen molar-refractivity contribution in [3.8, 4) is 0 Å². The topological polar surface area (TPSA) is 108 Å². The minimum atomic E-state index is -0.817. The second-order valence-electron chi connectivity index (χ2n) is 4.33. The van der Waals surface area contributed by atoms with E-state index in [4.69, 9.17) is 5.73 Å². The molecule has 1 amide bonds. The molecule has 1 unspecified atom stereocenters. The number of amides is 1. The largest absolute Gasteiger partial charge is 0.399 e. The quantitative estimate of drug-likeness (QED) is 0.605. The van der Waals surface area contributed by atoms with Gasteiger partial charge in [-0.3, -0.25) is 9.59 Å². The Morgan fingerprint density at radius 1 is 1.25 bits per heavy atom. The number of hydrogen-bond acceptors (Lipinski definition) is 4. The number of aliphatic hydroxyl groups excluding tert-OH is 1. The molecule has 0 saturated heterocycles. The van der Waals surface area contributed by atoms with E-state index >= 15 is 0 Å². The van der Waals surface area contributed by atoms with Crippen molar-refractivity contribution < 1.29 is 9.90 Å². The summed E-state index contributed by atoms with van der Waals surface area (Å²) in [6, 6.07) is 9.46. The van der Waals surface area contributed by atoms with Crippen LogP contribution < -0.4 is 16.6 Å². The van der Waals surface area contributed by atoms with Crippen molar-refractivity contribution >= 4 is 11.6 Å². The van der Waals surface area contributed by atoms with Gasteiger partial charge in [-0.25, -0.2) is 0 Å². The maximum Gasteiger partial charge on any atom is 0.252 e.